The van der Waals surface area contributed by atoms with E-state index in [1.54, 1.807) is 0 Å². The predicted molar refractivity (Wildman–Crippen MR) is 58.1 cm³/mol. The van der Waals surface area contributed by atoms with Crippen LogP contribution in [-0.2, 0) is 0 Å². The van der Waals surface area contributed by atoms with Crippen LogP contribution < -0.4 is 0 Å². The molecule has 0 aliphatic rings. The Labute approximate surface area is 83.7 Å². The zero-order valence-corrected chi connectivity index (χ0v) is 10.1. The molecular formula is C9H19IO. The van der Waals surface area contributed by atoms with Crippen molar-refractivity contribution >= 4 is 22.6 Å². The fourth-order valence-corrected chi connectivity index (χ4v) is 2.59. The first-order valence-corrected chi connectivity index (χ1v) is 5.66. The lowest BCUT2D eigenvalue weighted by Gasteiger charge is -2.31. The number of halogens is 1. The third-order valence-corrected chi connectivity index (χ3v) is 2.82. The first-order chi connectivity index (χ1) is 4.90. The fraction of sp³-hybridized carbons (Fsp3) is 1.00. The van der Waals surface area contributed by atoms with E-state index in [9.17, 15) is 5.11 Å². The minimum absolute atomic E-state index is 0.0787. The van der Waals surface area contributed by atoms with Crippen molar-refractivity contribution in [3.05, 3.63) is 0 Å². The van der Waals surface area contributed by atoms with E-state index in [-0.39, 0.29) is 11.5 Å². The molecule has 0 saturated heterocycles. The molecule has 0 fully saturated rings. The van der Waals surface area contributed by atoms with E-state index < -0.39 is 0 Å². The monoisotopic (exact) mass is 270 g/mol. The maximum atomic E-state index is 9.63. The lowest BCUT2D eigenvalue weighted by Crippen LogP contribution is -2.31. The number of aliphatic hydroxyl groups is 1. The van der Waals surface area contributed by atoms with Gasteiger partial charge >= 0.3 is 0 Å². The number of hydrogen-bond donors (Lipinski definition) is 1. The Balaban J connectivity index is 3.98. The average molecular weight is 270 g/mol. The molecule has 0 heterocycles. The van der Waals surface area contributed by atoms with Crippen LogP contribution in [0.3, 0.4) is 0 Å². The van der Waals surface area contributed by atoms with Gasteiger partial charge in [-0.15, -0.1) is 0 Å². The van der Waals surface area contributed by atoms with Crippen LogP contribution >= 0.6 is 22.6 Å². The Bertz CT molecular complexity index is 110. The summed E-state index contributed by atoms with van der Waals surface area (Å²) in [5.74, 6) is 0.669. The number of hydrogen-bond acceptors (Lipinski definition) is 1. The van der Waals surface area contributed by atoms with E-state index in [1.165, 1.54) is 0 Å². The predicted octanol–water partition coefficient (Wildman–Crippen LogP) is 2.85. The minimum Gasteiger partial charge on any atom is -0.392 e. The van der Waals surface area contributed by atoms with Crippen LogP contribution in [0.1, 0.15) is 34.1 Å². The van der Waals surface area contributed by atoms with Gasteiger partial charge in [0.25, 0.3) is 0 Å². The van der Waals surface area contributed by atoms with Crippen molar-refractivity contribution in [2.75, 3.05) is 4.43 Å². The van der Waals surface area contributed by atoms with E-state index in [2.05, 4.69) is 50.3 Å². The maximum Gasteiger partial charge on any atom is 0.0680 e. The molecule has 1 N–H and O–H groups in total. The third-order valence-electron chi connectivity index (χ3n) is 1.98. The van der Waals surface area contributed by atoms with E-state index in [4.69, 9.17) is 0 Å². The van der Waals surface area contributed by atoms with Crippen molar-refractivity contribution in [3.63, 3.8) is 0 Å². The maximum absolute atomic E-state index is 9.63. The van der Waals surface area contributed by atoms with Crippen molar-refractivity contribution in [2.45, 2.75) is 40.2 Å². The van der Waals surface area contributed by atoms with E-state index in [1.807, 2.05) is 0 Å². The smallest absolute Gasteiger partial charge is 0.0680 e. The summed E-state index contributed by atoms with van der Waals surface area (Å²) in [5.41, 5.74) is 0.0787. The highest BCUT2D eigenvalue weighted by Gasteiger charge is 2.27. The number of alkyl halides is 1. The summed E-state index contributed by atoms with van der Waals surface area (Å²) >= 11 is 2.24. The van der Waals surface area contributed by atoms with Crippen molar-refractivity contribution in [1.82, 2.24) is 0 Å². The largest absolute Gasteiger partial charge is 0.392 e. The van der Waals surface area contributed by atoms with Crippen LogP contribution in [0.2, 0.25) is 0 Å². The summed E-state index contributed by atoms with van der Waals surface area (Å²) in [7, 11) is 0. The van der Waals surface area contributed by atoms with Gasteiger partial charge in [-0.1, -0.05) is 50.3 Å². The van der Waals surface area contributed by atoms with Crippen molar-refractivity contribution in [1.29, 1.82) is 0 Å². The molecule has 0 bridgehead atoms. The van der Waals surface area contributed by atoms with E-state index in [0.29, 0.717) is 5.92 Å². The van der Waals surface area contributed by atoms with Gasteiger partial charge in [0.05, 0.1) is 6.10 Å². The van der Waals surface area contributed by atoms with Crippen LogP contribution in [0.25, 0.3) is 0 Å². The zero-order chi connectivity index (χ0) is 9.07. The van der Waals surface area contributed by atoms with Crippen LogP contribution in [0.4, 0.5) is 0 Å². The van der Waals surface area contributed by atoms with E-state index >= 15 is 0 Å². The first-order valence-electron chi connectivity index (χ1n) is 4.14. The molecule has 0 spiro atoms. The topological polar surface area (TPSA) is 20.2 Å². The van der Waals surface area contributed by atoms with Gasteiger partial charge in [-0.2, -0.15) is 0 Å². The second-order valence-electron chi connectivity index (χ2n) is 4.26. The molecule has 0 aromatic rings. The van der Waals surface area contributed by atoms with Gasteiger partial charge in [-0.05, 0) is 17.8 Å². The molecule has 0 aliphatic carbocycles. The number of aliphatic hydroxyl groups excluding tert-OH is 1. The lowest BCUT2D eigenvalue weighted by molar-refractivity contribution is 0.0564. The minimum atomic E-state index is -0.162. The Morgan fingerprint density at radius 1 is 1.36 bits per heavy atom. The summed E-state index contributed by atoms with van der Waals surface area (Å²) < 4.78 is 0.831. The Hall–Kier alpha value is 0.690. The SMILES string of the molecule is CC(C)CC(C)(C)C(O)CI. The molecule has 1 nitrogen and oxygen atoms in total. The van der Waals surface area contributed by atoms with E-state index in [0.717, 1.165) is 10.8 Å². The molecule has 2 heteroatoms. The molecule has 0 amide bonds. The second kappa shape index (κ2) is 4.65. The molecule has 1 atom stereocenters. The lowest BCUT2D eigenvalue weighted by atomic mass is 9.80. The quantitative estimate of drug-likeness (QED) is 0.615. The molecule has 0 rings (SSSR count). The first kappa shape index (κ1) is 11.7. The standard InChI is InChI=1S/C9H19IO/c1-7(2)5-9(3,4)8(11)6-10/h7-8,11H,5-6H2,1-4H3. The summed E-state index contributed by atoms with van der Waals surface area (Å²) in [6.07, 6.45) is 0.933. The highest BCUT2D eigenvalue weighted by Crippen LogP contribution is 2.30. The fourth-order valence-electron chi connectivity index (χ4n) is 1.40. The molecule has 1 unspecified atom stereocenters. The summed E-state index contributed by atoms with van der Waals surface area (Å²) in [4.78, 5) is 0. The third kappa shape index (κ3) is 4.31. The molecule has 0 aromatic carbocycles. The van der Waals surface area contributed by atoms with Crippen molar-refractivity contribution in [2.24, 2.45) is 11.3 Å². The van der Waals surface area contributed by atoms with Crippen LogP contribution in [0, 0.1) is 11.3 Å². The van der Waals surface area contributed by atoms with Gasteiger partial charge in [0, 0.05) is 4.43 Å². The van der Waals surface area contributed by atoms with Gasteiger partial charge in [-0.3, -0.25) is 0 Å². The van der Waals surface area contributed by atoms with Gasteiger partial charge in [0.1, 0.15) is 0 Å². The second-order valence-corrected chi connectivity index (χ2v) is 5.14. The Morgan fingerprint density at radius 3 is 2.09 bits per heavy atom. The molecular weight excluding hydrogens is 251 g/mol. The van der Waals surface area contributed by atoms with Crippen molar-refractivity contribution in [3.8, 4) is 0 Å². The van der Waals surface area contributed by atoms with Gasteiger partial charge in [-0.25, -0.2) is 0 Å². The highest BCUT2D eigenvalue weighted by atomic mass is 127. The molecule has 0 aromatic heterocycles. The molecule has 68 valence electrons. The summed E-state index contributed by atoms with van der Waals surface area (Å²) in [5, 5.41) is 9.63. The highest BCUT2D eigenvalue weighted by molar-refractivity contribution is 14.1. The molecule has 11 heavy (non-hydrogen) atoms. The summed E-state index contributed by atoms with van der Waals surface area (Å²) in [6, 6.07) is 0. The Kier molecular flexibility index (Phi) is 4.94. The van der Waals surface area contributed by atoms with Crippen molar-refractivity contribution < 1.29 is 5.11 Å². The zero-order valence-electron chi connectivity index (χ0n) is 7.89. The van der Waals surface area contributed by atoms with Gasteiger partial charge in [0.15, 0.2) is 0 Å². The van der Waals surface area contributed by atoms with Crippen LogP contribution in [0.15, 0.2) is 0 Å². The molecule has 0 radical (unpaired) electrons. The normalized spacial score (nSPS) is 15.5. The molecule has 0 aliphatic heterocycles. The Morgan fingerprint density at radius 2 is 1.82 bits per heavy atom. The number of rotatable bonds is 4. The molecule has 0 saturated carbocycles. The van der Waals surface area contributed by atoms with Gasteiger partial charge in [0.2, 0.25) is 0 Å². The van der Waals surface area contributed by atoms with Crippen LogP contribution in [-0.4, -0.2) is 15.6 Å². The van der Waals surface area contributed by atoms with Crippen LogP contribution in [0.5, 0.6) is 0 Å². The summed E-state index contributed by atoms with van der Waals surface area (Å²) in [6.45, 7) is 8.66. The van der Waals surface area contributed by atoms with Gasteiger partial charge < -0.3 is 5.11 Å². The average Bonchev–Trinajstić information content (AvgIpc) is 1.83.